The first-order valence-electron chi connectivity index (χ1n) is 8.73. The van der Waals surface area contributed by atoms with Crippen LogP contribution in [0.1, 0.15) is 18.4 Å². The molecular weight excluding hydrogens is 316 g/mol. The number of rotatable bonds is 4. The number of nitrogens with one attached hydrogen (secondary N) is 1. The third kappa shape index (κ3) is 4.29. The zero-order valence-corrected chi connectivity index (χ0v) is 14.5. The minimum Gasteiger partial charge on any atom is -0.453 e. The number of nitrogens with zero attached hydrogens (tertiary/aromatic N) is 1. The number of benzene rings is 2. The Kier molecular flexibility index (Phi) is 5.53. The third-order valence-corrected chi connectivity index (χ3v) is 4.87. The molecule has 5 nitrogen and oxygen atoms in total. The summed E-state index contributed by atoms with van der Waals surface area (Å²) in [5.74, 6) is 0.462. The minimum atomic E-state index is -0.265. The number of hydrogen-bond acceptors (Lipinski definition) is 3. The van der Waals surface area contributed by atoms with E-state index in [1.165, 1.54) is 7.11 Å². The number of fused-ring (bicyclic) bond motifs is 1. The van der Waals surface area contributed by atoms with E-state index in [-0.39, 0.29) is 12.0 Å². The highest BCUT2D eigenvalue weighted by Crippen LogP contribution is 2.19. The van der Waals surface area contributed by atoms with Crippen LogP contribution < -0.4 is 5.32 Å². The summed E-state index contributed by atoms with van der Waals surface area (Å²) in [6.07, 6.45) is 1.91. The number of piperidine rings is 1. The van der Waals surface area contributed by atoms with Crippen LogP contribution in [0.4, 0.5) is 4.79 Å². The van der Waals surface area contributed by atoms with Crippen LogP contribution in [-0.2, 0) is 16.0 Å². The van der Waals surface area contributed by atoms with Gasteiger partial charge in [-0.15, -0.1) is 0 Å². The van der Waals surface area contributed by atoms with Crippen molar-refractivity contribution < 1.29 is 14.3 Å². The zero-order valence-electron chi connectivity index (χ0n) is 14.5. The monoisotopic (exact) mass is 340 g/mol. The van der Waals surface area contributed by atoms with Crippen LogP contribution in [-0.4, -0.2) is 43.6 Å². The van der Waals surface area contributed by atoms with E-state index in [9.17, 15) is 9.59 Å². The second-order valence-electron chi connectivity index (χ2n) is 6.52. The van der Waals surface area contributed by atoms with Crippen molar-refractivity contribution in [2.45, 2.75) is 19.3 Å². The van der Waals surface area contributed by atoms with E-state index in [1.807, 2.05) is 24.3 Å². The van der Waals surface area contributed by atoms with Gasteiger partial charge in [-0.2, -0.15) is 0 Å². The first kappa shape index (κ1) is 17.3. The van der Waals surface area contributed by atoms with Crippen molar-refractivity contribution in [3.8, 4) is 0 Å². The van der Waals surface area contributed by atoms with Crippen molar-refractivity contribution in [2.75, 3.05) is 26.7 Å². The predicted molar refractivity (Wildman–Crippen MR) is 97.4 cm³/mol. The van der Waals surface area contributed by atoms with Gasteiger partial charge in [0.25, 0.3) is 0 Å². The van der Waals surface area contributed by atoms with Crippen molar-refractivity contribution in [1.82, 2.24) is 10.2 Å². The Balaban J connectivity index is 1.49. The number of likely N-dealkylation sites (tertiary alicyclic amines) is 1. The van der Waals surface area contributed by atoms with E-state index in [0.29, 0.717) is 32.0 Å². The fraction of sp³-hybridized carbons (Fsp3) is 0.400. The molecule has 0 unspecified atom stereocenters. The van der Waals surface area contributed by atoms with E-state index in [1.54, 1.807) is 4.90 Å². The van der Waals surface area contributed by atoms with E-state index >= 15 is 0 Å². The summed E-state index contributed by atoms with van der Waals surface area (Å²) in [5, 5.41) is 5.34. The van der Waals surface area contributed by atoms with Crippen molar-refractivity contribution in [3.63, 3.8) is 0 Å². The van der Waals surface area contributed by atoms with Crippen molar-refractivity contribution in [1.29, 1.82) is 0 Å². The molecule has 3 rings (SSSR count). The molecule has 2 amide bonds. The molecule has 2 aromatic rings. The van der Waals surface area contributed by atoms with Gasteiger partial charge in [-0.05, 0) is 35.1 Å². The van der Waals surface area contributed by atoms with E-state index in [2.05, 4.69) is 23.5 Å². The normalized spacial score (nSPS) is 15.2. The van der Waals surface area contributed by atoms with Crippen LogP contribution in [0.2, 0.25) is 0 Å². The highest BCUT2D eigenvalue weighted by Gasteiger charge is 2.23. The van der Waals surface area contributed by atoms with Crippen LogP contribution in [0.5, 0.6) is 0 Å². The molecule has 1 aliphatic rings. The number of carbonyl (C=O) groups is 2. The standard InChI is InChI=1S/C20H24N2O3/c1-25-20(24)22-11-9-15(10-12-22)14-21-19(23)13-17-7-4-6-16-5-2-3-8-18(16)17/h2-8,15H,9-14H2,1H3,(H,21,23). The van der Waals surface area contributed by atoms with Gasteiger partial charge in [0.2, 0.25) is 5.91 Å². The van der Waals surface area contributed by atoms with Crippen LogP contribution in [0, 0.1) is 5.92 Å². The number of ether oxygens (including phenoxy) is 1. The zero-order chi connectivity index (χ0) is 17.6. The van der Waals surface area contributed by atoms with Crippen molar-refractivity contribution in [2.24, 2.45) is 5.92 Å². The molecule has 1 N–H and O–H groups in total. The number of amides is 2. The Labute approximate surface area is 148 Å². The first-order valence-corrected chi connectivity index (χ1v) is 8.73. The van der Waals surface area contributed by atoms with Crippen LogP contribution >= 0.6 is 0 Å². The molecule has 1 fully saturated rings. The summed E-state index contributed by atoms with van der Waals surface area (Å²) in [6.45, 7) is 2.05. The maximum absolute atomic E-state index is 12.3. The Morgan fingerprint density at radius 2 is 1.84 bits per heavy atom. The van der Waals surface area contributed by atoms with Gasteiger partial charge in [0.15, 0.2) is 0 Å². The van der Waals surface area contributed by atoms with Gasteiger partial charge in [-0.1, -0.05) is 42.5 Å². The van der Waals surface area contributed by atoms with E-state index in [0.717, 1.165) is 29.2 Å². The average molecular weight is 340 g/mol. The second kappa shape index (κ2) is 8.01. The molecule has 0 atom stereocenters. The quantitative estimate of drug-likeness (QED) is 0.931. The largest absolute Gasteiger partial charge is 0.453 e. The number of hydrogen-bond donors (Lipinski definition) is 1. The molecule has 1 heterocycles. The fourth-order valence-electron chi connectivity index (χ4n) is 3.39. The molecule has 132 valence electrons. The maximum Gasteiger partial charge on any atom is 0.409 e. The molecular formula is C20H24N2O3. The van der Waals surface area contributed by atoms with Crippen LogP contribution in [0.15, 0.2) is 42.5 Å². The fourth-order valence-corrected chi connectivity index (χ4v) is 3.39. The van der Waals surface area contributed by atoms with Gasteiger partial charge in [0.05, 0.1) is 13.5 Å². The highest BCUT2D eigenvalue weighted by molar-refractivity contribution is 5.90. The van der Waals surface area contributed by atoms with Gasteiger partial charge >= 0.3 is 6.09 Å². The number of carbonyl (C=O) groups excluding carboxylic acids is 2. The smallest absolute Gasteiger partial charge is 0.409 e. The molecule has 1 aliphatic heterocycles. The van der Waals surface area contributed by atoms with E-state index < -0.39 is 0 Å². The molecule has 25 heavy (non-hydrogen) atoms. The Morgan fingerprint density at radius 3 is 2.60 bits per heavy atom. The van der Waals surface area contributed by atoms with Gasteiger partial charge in [-0.3, -0.25) is 4.79 Å². The topological polar surface area (TPSA) is 58.6 Å². The summed E-state index contributed by atoms with van der Waals surface area (Å²) in [7, 11) is 1.40. The summed E-state index contributed by atoms with van der Waals surface area (Å²) in [6, 6.07) is 14.2. The van der Waals surface area contributed by atoms with Crippen LogP contribution in [0.25, 0.3) is 10.8 Å². The van der Waals surface area contributed by atoms with Gasteiger partial charge in [0.1, 0.15) is 0 Å². The summed E-state index contributed by atoms with van der Waals surface area (Å²) < 4.78 is 4.74. The molecule has 0 saturated carbocycles. The molecule has 1 saturated heterocycles. The predicted octanol–water partition coefficient (Wildman–Crippen LogP) is 2.98. The summed E-state index contributed by atoms with van der Waals surface area (Å²) in [5.41, 5.74) is 1.05. The SMILES string of the molecule is COC(=O)N1CCC(CNC(=O)Cc2cccc3ccccc23)CC1. The minimum absolute atomic E-state index is 0.0479. The molecule has 0 aromatic heterocycles. The molecule has 0 radical (unpaired) electrons. The molecule has 0 spiro atoms. The highest BCUT2D eigenvalue weighted by atomic mass is 16.5. The van der Waals surface area contributed by atoms with Crippen molar-refractivity contribution in [3.05, 3.63) is 48.0 Å². The van der Waals surface area contributed by atoms with Gasteiger partial charge in [0, 0.05) is 19.6 Å². The average Bonchev–Trinajstić information content (AvgIpc) is 2.66. The van der Waals surface area contributed by atoms with Crippen LogP contribution in [0.3, 0.4) is 0 Å². The lowest BCUT2D eigenvalue weighted by Gasteiger charge is -2.30. The Bertz CT molecular complexity index is 746. The molecule has 2 aromatic carbocycles. The van der Waals surface area contributed by atoms with E-state index in [4.69, 9.17) is 4.74 Å². The maximum atomic E-state index is 12.3. The van der Waals surface area contributed by atoms with Gasteiger partial charge in [-0.25, -0.2) is 4.79 Å². The summed E-state index contributed by atoms with van der Waals surface area (Å²) in [4.78, 5) is 25.5. The Morgan fingerprint density at radius 1 is 1.12 bits per heavy atom. The lowest BCUT2D eigenvalue weighted by molar-refractivity contribution is -0.120. The third-order valence-electron chi connectivity index (χ3n) is 4.87. The first-order chi connectivity index (χ1) is 12.2. The molecule has 0 bridgehead atoms. The molecule has 5 heteroatoms. The lowest BCUT2D eigenvalue weighted by atomic mass is 9.97. The second-order valence-corrected chi connectivity index (χ2v) is 6.52. The number of methoxy groups -OCH3 is 1. The molecule has 0 aliphatic carbocycles. The summed E-state index contributed by atoms with van der Waals surface area (Å²) >= 11 is 0. The lowest BCUT2D eigenvalue weighted by Crippen LogP contribution is -2.41. The Hall–Kier alpha value is -2.56. The van der Waals surface area contributed by atoms with Crippen molar-refractivity contribution >= 4 is 22.8 Å². The van der Waals surface area contributed by atoms with Gasteiger partial charge < -0.3 is 15.0 Å².